The summed E-state index contributed by atoms with van der Waals surface area (Å²) in [4.78, 5) is 19.5. The number of aryl methyl sites for hydroxylation is 3. The lowest BCUT2D eigenvalue weighted by molar-refractivity contribution is 0.476. The average molecular weight is 403 g/mol. The Balaban J connectivity index is 1.88. The van der Waals surface area contributed by atoms with Gasteiger partial charge in [0, 0.05) is 11.4 Å². The molecule has 4 nitrogen and oxygen atoms in total. The monoisotopic (exact) mass is 402 g/mol. The largest absolute Gasteiger partial charge is 0.507 e. The molecule has 0 fully saturated rings. The first kappa shape index (κ1) is 19.2. The van der Waals surface area contributed by atoms with Gasteiger partial charge in [0.2, 0.25) is 0 Å². The number of benzene rings is 2. The van der Waals surface area contributed by atoms with E-state index in [0.29, 0.717) is 35.6 Å². The number of phenolic OH excluding ortho intramolecular Hbond substituents is 1. The molecule has 0 spiro atoms. The van der Waals surface area contributed by atoms with Crippen LogP contribution in [0.15, 0.2) is 70.8 Å². The Hall–Kier alpha value is -3.18. The van der Waals surface area contributed by atoms with Crippen molar-refractivity contribution >= 4 is 11.3 Å². The van der Waals surface area contributed by atoms with Crippen molar-refractivity contribution in [3.8, 4) is 28.3 Å². The molecule has 2 aromatic carbocycles. The van der Waals surface area contributed by atoms with E-state index in [1.165, 1.54) is 0 Å². The van der Waals surface area contributed by atoms with Crippen molar-refractivity contribution in [2.24, 2.45) is 0 Å². The zero-order chi connectivity index (χ0) is 20.4. The summed E-state index contributed by atoms with van der Waals surface area (Å²) in [7, 11) is 0. The van der Waals surface area contributed by atoms with Gasteiger partial charge in [0.25, 0.3) is 5.56 Å². The van der Waals surface area contributed by atoms with E-state index in [0.717, 1.165) is 16.0 Å². The Morgan fingerprint density at radius 2 is 1.76 bits per heavy atom. The normalized spacial score (nSPS) is 11.0. The summed E-state index contributed by atoms with van der Waals surface area (Å²) in [6.07, 6.45) is 0.703. The Bertz CT molecular complexity index is 1210. The van der Waals surface area contributed by atoms with E-state index in [4.69, 9.17) is 4.98 Å². The van der Waals surface area contributed by atoms with Gasteiger partial charge in [-0.1, -0.05) is 42.5 Å². The van der Waals surface area contributed by atoms with Crippen LogP contribution in [0.25, 0.3) is 22.5 Å². The van der Waals surface area contributed by atoms with Crippen LogP contribution in [-0.2, 0) is 13.0 Å². The van der Waals surface area contributed by atoms with Crippen molar-refractivity contribution in [1.82, 2.24) is 9.55 Å². The van der Waals surface area contributed by atoms with Crippen LogP contribution in [0.1, 0.15) is 16.1 Å². The molecule has 4 aromatic rings. The van der Waals surface area contributed by atoms with Gasteiger partial charge in [0.1, 0.15) is 11.6 Å². The Morgan fingerprint density at radius 1 is 1.03 bits per heavy atom. The molecule has 2 aromatic heterocycles. The molecule has 0 unspecified atom stereocenters. The summed E-state index contributed by atoms with van der Waals surface area (Å²) < 4.78 is 1.69. The first-order valence-electron chi connectivity index (χ1n) is 9.54. The van der Waals surface area contributed by atoms with Gasteiger partial charge in [-0.3, -0.25) is 9.36 Å². The van der Waals surface area contributed by atoms with Gasteiger partial charge in [0.05, 0.1) is 16.8 Å². The van der Waals surface area contributed by atoms with Crippen molar-refractivity contribution in [3.05, 3.63) is 92.5 Å². The van der Waals surface area contributed by atoms with Crippen molar-refractivity contribution < 1.29 is 5.11 Å². The highest BCUT2D eigenvalue weighted by Gasteiger charge is 2.19. The molecule has 0 aliphatic rings. The number of hydrogen-bond donors (Lipinski definition) is 1. The van der Waals surface area contributed by atoms with Gasteiger partial charge in [0.15, 0.2) is 0 Å². The first-order chi connectivity index (χ1) is 14.0. The molecular weight excluding hydrogens is 380 g/mol. The maximum Gasteiger partial charge on any atom is 0.261 e. The molecule has 0 saturated carbocycles. The summed E-state index contributed by atoms with van der Waals surface area (Å²) in [5.74, 6) is 0.614. The lowest BCUT2D eigenvalue weighted by atomic mass is 10.1. The SMILES string of the molecule is Cc1cc(-c2c(C)nc(-c3ccccc3O)n(CCc3ccccc3)c2=O)cs1. The molecule has 0 bridgehead atoms. The molecule has 29 heavy (non-hydrogen) atoms. The molecule has 4 rings (SSSR count). The predicted octanol–water partition coefficient (Wildman–Crippen LogP) is 5.20. The minimum atomic E-state index is -0.0792. The molecular formula is C24H22N2O2S. The number of rotatable bonds is 5. The standard InChI is InChI=1S/C24H22N2O2S/c1-16-14-19(15-29-16)22-17(2)25-23(20-10-6-7-11-21(20)27)26(24(22)28)13-12-18-8-4-3-5-9-18/h3-11,14-15,27H,12-13H2,1-2H3. The minimum absolute atomic E-state index is 0.0792. The third-order valence-corrected chi connectivity index (χ3v) is 5.84. The maximum absolute atomic E-state index is 13.6. The second-order valence-electron chi connectivity index (χ2n) is 7.05. The van der Waals surface area contributed by atoms with E-state index in [9.17, 15) is 9.90 Å². The fraction of sp³-hybridized carbons (Fsp3) is 0.167. The van der Waals surface area contributed by atoms with Crippen LogP contribution in [0.4, 0.5) is 0 Å². The van der Waals surface area contributed by atoms with E-state index in [2.05, 4.69) is 12.1 Å². The third kappa shape index (κ3) is 3.87. The fourth-order valence-electron chi connectivity index (χ4n) is 3.53. The topological polar surface area (TPSA) is 55.1 Å². The summed E-state index contributed by atoms with van der Waals surface area (Å²) in [5, 5.41) is 12.4. The maximum atomic E-state index is 13.6. The van der Waals surface area contributed by atoms with E-state index in [-0.39, 0.29) is 11.3 Å². The van der Waals surface area contributed by atoms with Crippen LogP contribution in [-0.4, -0.2) is 14.7 Å². The van der Waals surface area contributed by atoms with Gasteiger partial charge in [-0.15, -0.1) is 11.3 Å². The van der Waals surface area contributed by atoms with Crippen molar-refractivity contribution in [2.45, 2.75) is 26.8 Å². The van der Waals surface area contributed by atoms with E-state index in [1.807, 2.05) is 49.6 Å². The van der Waals surface area contributed by atoms with E-state index in [1.54, 1.807) is 34.1 Å². The molecule has 0 radical (unpaired) electrons. The number of phenols is 1. The molecule has 0 aliphatic heterocycles. The van der Waals surface area contributed by atoms with Crippen molar-refractivity contribution in [3.63, 3.8) is 0 Å². The molecule has 0 amide bonds. The summed E-state index contributed by atoms with van der Waals surface area (Å²) >= 11 is 1.62. The van der Waals surface area contributed by atoms with Gasteiger partial charge in [-0.2, -0.15) is 0 Å². The fourth-order valence-corrected chi connectivity index (χ4v) is 4.22. The Kier molecular flexibility index (Phi) is 5.32. The number of aromatic hydroxyl groups is 1. The van der Waals surface area contributed by atoms with Gasteiger partial charge >= 0.3 is 0 Å². The smallest absolute Gasteiger partial charge is 0.261 e. The predicted molar refractivity (Wildman–Crippen MR) is 119 cm³/mol. The van der Waals surface area contributed by atoms with Crippen LogP contribution in [0.3, 0.4) is 0 Å². The average Bonchev–Trinajstić information content (AvgIpc) is 3.14. The molecule has 0 atom stereocenters. The minimum Gasteiger partial charge on any atom is -0.507 e. The van der Waals surface area contributed by atoms with Gasteiger partial charge < -0.3 is 5.11 Å². The number of thiophene rings is 1. The van der Waals surface area contributed by atoms with E-state index >= 15 is 0 Å². The Labute approximate surface area is 173 Å². The number of hydrogen-bond acceptors (Lipinski definition) is 4. The van der Waals surface area contributed by atoms with Crippen molar-refractivity contribution in [2.75, 3.05) is 0 Å². The second kappa shape index (κ2) is 8.05. The lowest BCUT2D eigenvalue weighted by Crippen LogP contribution is -2.27. The molecule has 1 N–H and O–H groups in total. The third-order valence-electron chi connectivity index (χ3n) is 4.98. The zero-order valence-corrected chi connectivity index (χ0v) is 17.2. The molecule has 2 heterocycles. The van der Waals surface area contributed by atoms with Crippen LogP contribution in [0.5, 0.6) is 5.75 Å². The molecule has 5 heteroatoms. The number of aromatic nitrogens is 2. The molecule has 146 valence electrons. The highest BCUT2D eigenvalue weighted by Crippen LogP contribution is 2.30. The number of para-hydroxylation sites is 1. The summed E-state index contributed by atoms with van der Waals surface area (Å²) in [6, 6.07) is 19.1. The zero-order valence-electron chi connectivity index (χ0n) is 16.4. The second-order valence-corrected chi connectivity index (χ2v) is 8.17. The molecule has 0 aliphatic carbocycles. The summed E-state index contributed by atoms with van der Waals surface area (Å²) in [5.41, 5.74) is 3.83. The van der Waals surface area contributed by atoms with Crippen LogP contribution in [0.2, 0.25) is 0 Å². The van der Waals surface area contributed by atoms with Gasteiger partial charge in [-0.25, -0.2) is 4.98 Å². The first-order valence-corrected chi connectivity index (χ1v) is 10.4. The number of nitrogens with zero attached hydrogens (tertiary/aromatic N) is 2. The lowest BCUT2D eigenvalue weighted by Gasteiger charge is -2.16. The Morgan fingerprint density at radius 3 is 2.45 bits per heavy atom. The highest BCUT2D eigenvalue weighted by molar-refractivity contribution is 7.10. The highest BCUT2D eigenvalue weighted by atomic mass is 32.1. The summed E-state index contributed by atoms with van der Waals surface area (Å²) in [6.45, 7) is 4.37. The molecule has 0 saturated heterocycles. The van der Waals surface area contributed by atoms with Crippen LogP contribution in [0, 0.1) is 13.8 Å². The van der Waals surface area contributed by atoms with Crippen LogP contribution >= 0.6 is 11.3 Å². The van der Waals surface area contributed by atoms with Crippen molar-refractivity contribution in [1.29, 1.82) is 0 Å². The van der Waals surface area contributed by atoms with Gasteiger partial charge in [-0.05, 0) is 55.0 Å². The quantitative estimate of drug-likeness (QED) is 0.499. The van der Waals surface area contributed by atoms with Crippen LogP contribution < -0.4 is 5.56 Å². The van der Waals surface area contributed by atoms with E-state index < -0.39 is 0 Å².